The Labute approximate surface area is 99.5 Å². The molecule has 0 aliphatic carbocycles. The summed E-state index contributed by atoms with van der Waals surface area (Å²) in [4.78, 5) is 0. The average molecular weight is 238 g/mol. The SMILES string of the molecule is N#Cc1ccc(Cl)cc1OCC1CCCO1. The summed E-state index contributed by atoms with van der Waals surface area (Å²) in [5.41, 5.74) is 0.502. The maximum Gasteiger partial charge on any atom is 0.138 e. The summed E-state index contributed by atoms with van der Waals surface area (Å²) in [5, 5.41) is 9.47. The smallest absolute Gasteiger partial charge is 0.138 e. The second-order valence-corrected chi connectivity index (χ2v) is 4.13. The lowest BCUT2D eigenvalue weighted by Gasteiger charge is -2.12. The summed E-state index contributed by atoms with van der Waals surface area (Å²) in [6, 6.07) is 7.07. The number of halogens is 1. The standard InChI is InChI=1S/C12H12ClNO2/c13-10-4-3-9(7-14)12(6-10)16-8-11-2-1-5-15-11/h3-4,6,11H,1-2,5,8H2. The molecule has 0 amide bonds. The maximum absolute atomic E-state index is 8.90. The fourth-order valence-electron chi connectivity index (χ4n) is 1.67. The lowest BCUT2D eigenvalue weighted by Crippen LogP contribution is -2.16. The first-order chi connectivity index (χ1) is 7.79. The summed E-state index contributed by atoms with van der Waals surface area (Å²) >= 11 is 5.85. The van der Waals surface area contributed by atoms with Gasteiger partial charge in [-0.15, -0.1) is 0 Å². The first-order valence-corrected chi connectivity index (χ1v) is 5.61. The van der Waals surface area contributed by atoms with E-state index in [-0.39, 0.29) is 6.10 Å². The zero-order valence-corrected chi connectivity index (χ0v) is 9.54. The van der Waals surface area contributed by atoms with Crippen LogP contribution in [0.3, 0.4) is 0 Å². The molecule has 0 spiro atoms. The second kappa shape index (κ2) is 5.20. The Balaban J connectivity index is 2.02. The molecule has 16 heavy (non-hydrogen) atoms. The summed E-state index contributed by atoms with van der Waals surface area (Å²) in [7, 11) is 0. The molecule has 1 aliphatic heterocycles. The van der Waals surface area contributed by atoms with Crippen molar-refractivity contribution in [1.82, 2.24) is 0 Å². The largest absolute Gasteiger partial charge is 0.489 e. The Morgan fingerprint density at radius 3 is 3.12 bits per heavy atom. The van der Waals surface area contributed by atoms with E-state index in [1.54, 1.807) is 18.2 Å². The number of benzene rings is 1. The highest BCUT2D eigenvalue weighted by Crippen LogP contribution is 2.23. The number of hydrogen-bond acceptors (Lipinski definition) is 3. The quantitative estimate of drug-likeness (QED) is 0.812. The molecule has 1 atom stereocenters. The molecule has 1 saturated heterocycles. The van der Waals surface area contributed by atoms with Gasteiger partial charge in [0.1, 0.15) is 18.4 Å². The van der Waals surface area contributed by atoms with Crippen molar-refractivity contribution in [3.63, 3.8) is 0 Å². The number of nitrogens with zero attached hydrogens (tertiary/aromatic N) is 1. The minimum Gasteiger partial charge on any atom is -0.489 e. The molecule has 1 heterocycles. The van der Waals surface area contributed by atoms with Gasteiger partial charge in [-0.05, 0) is 25.0 Å². The molecule has 0 N–H and O–H groups in total. The van der Waals surface area contributed by atoms with Crippen LogP contribution in [0.5, 0.6) is 5.75 Å². The minimum absolute atomic E-state index is 0.144. The van der Waals surface area contributed by atoms with Crippen molar-refractivity contribution >= 4 is 11.6 Å². The molecular weight excluding hydrogens is 226 g/mol. The van der Waals surface area contributed by atoms with Gasteiger partial charge in [-0.1, -0.05) is 11.6 Å². The van der Waals surface area contributed by atoms with E-state index in [1.807, 2.05) is 0 Å². The second-order valence-electron chi connectivity index (χ2n) is 3.70. The Kier molecular flexibility index (Phi) is 3.66. The molecule has 1 unspecified atom stereocenters. The van der Waals surface area contributed by atoms with Gasteiger partial charge in [-0.2, -0.15) is 5.26 Å². The van der Waals surface area contributed by atoms with Crippen LogP contribution in [0, 0.1) is 11.3 Å². The van der Waals surface area contributed by atoms with Crippen LogP contribution < -0.4 is 4.74 Å². The molecule has 2 rings (SSSR count). The van der Waals surface area contributed by atoms with E-state index in [1.165, 1.54) is 0 Å². The third kappa shape index (κ3) is 2.66. The monoisotopic (exact) mass is 237 g/mol. The van der Waals surface area contributed by atoms with E-state index in [2.05, 4.69) is 6.07 Å². The Hall–Kier alpha value is -1.24. The van der Waals surface area contributed by atoms with Crippen LogP contribution in [0.2, 0.25) is 5.02 Å². The first kappa shape index (κ1) is 11.3. The minimum atomic E-state index is 0.144. The van der Waals surface area contributed by atoms with Gasteiger partial charge in [0.25, 0.3) is 0 Å². The molecule has 1 fully saturated rings. The van der Waals surface area contributed by atoms with Crippen molar-refractivity contribution in [3.8, 4) is 11.8 Å². The van der Waals surface area contributed by atoms with E-state index in [4.69, 9.17) is 26.3 Å². The van der Waals surface area contributed by atoms with E-state index in [9.17, 15) is 0 Å². The van der Waals surface area contributed by atoms with Crippen LogP contribution in [0.15, 0.2) is 18.2 Å². The number of ether oxygens (including phenoxy) is 2. The van der Waals surface area contributed by atoms with Gasteiger partial charge in [-0.25, -0.2) is 0 Å². The summed E-state index contributed by atoms with van der Waals surface area (Å²) < 4.78 is 11.0. The molecule has 3 nitrogen and oxygen atoms in total. The predicted molar refractivity (Wildman–Crippen MR) is 60.6 cm³/mol. The summed E-state index contributed by atoms with van der Waals surface area (Å²) in [6.07, 6.45) is 2.24. The topological polar surface area (TPSA) is 42.2 Å². The third-order valence-corrected chi connectivity index (χ3v) is 2.75. The Morgan fingerprint density at radius 1 is 1.56 bits per heavy atom. The van der Waals surface area contributed by atoms with Gasteiger partial charge in [0.05, 0.1) is 11.7 Å². The highest BCUT2D eigenvalue weighted by atomic mass is 35.5. The van der Waals surface area contributed by atoms with E-state index < -0.39 is 0 Å². The van der Waals surface area contributed by atoms with Crippen molar-refractivity contribution < 1.29 is 9.47 Å². The van der Waals surface area contributed by atoms with Crippen LogP contribution in [-0.4, -0.2) is 19.3 Å². The van der Waals surface area contributed by atoms with Crippen LogP contribution in [0.4, 0.5) is 0 Å². The molecule has 84 valence electrons. The first-order valence-electron chi connectivity index (χ1n) is 5.23. The molecule has 0 aromatic heterocycles. The van der Waals surface area contributed by atoms with Crippen molar-refractivity contribution in [3.05, 3.63) is 28.8 Å². The summed E-state index contributed by atoms with van der Waals surface area (Å²) in [6.45, 7) is 1.28. The van der Waals surface area contributed by atoms with Crippen molar-refractivity contribution in [1.29, 1.82) is 5.26 Å². The number of rotatable bonds is 3. The highest BCUT2D eigenvalue weighted by molar-refractivity contribution is 6.30. The molecule has 1 aromatic rings. The molecule has 0 bridgehead atoms. The molecule has 1 aliphatic rings. The van der Waals surface area contributed by atoms with Crippen LogP contribution in [-0.2, 0) is 4.74 Å². The Morgan fingerprint density at radius 2 is 2.44 bits per heavy atom. The lowest BCUT2D eigenvalue weighted by atomic mass is 10.2. The lowest BCUT2D eigenvalue weighted by molar-refractivity contribution is 0.0678. The van der Waals surface area contributed by atoms with Gasteiger partial charge >= 0.3 is 0 Å². The van der Waals surface area contributed by atoms with Gasteiger partial charge in [0.15, 0.2) is 0 Å². The maximum atomic E-state index is 8.90. The van der Waals surface area contributed by atoms with E-state index in [0.29, 0.717) is 22.9 Å². The average Bonchev–Trinajstić information content (AvgIpc) is 2.79. The Bertz CT molecular complexity index is 408. The molecule has 1 aromatic carbocycles. The number of hydrogen-bond donors (Lipinski definition) is 0. The highest BCUT2D eigenvalue weighted by Gasteiger charge is 2.16. The van der Waals surface area contributed by atoms with Crippen LogP contribution in [0.25, 0.3) is 0 Å². The summed E-state index contributed by atoms with van der Waals surface area (Å²) in [5.74, 6) is 0.533. The van der Waals surface area contributed by atoms with Crippen LogP contribution >= 0.6 is 11.6 Å². The zero-order valence-electron chi connectivity index (χ0n) is 8.78. The normalized spacial score (nSPS) is 19.4. The van der Waals surface area contributed by atoms with Gasteiger partial charge in [0.2, 0.25) is 0 Å². The number of nitriles is 1. The van der Waals surface area contributed by atoms with Crippen molar-refractivity contribution in [2.24, 2.45) is 0 Å². The zero-order chi connectivity index (χ0) is 11.4. The fourth-order valence-corrected chi connectivity index (χ4v) is 1.83. The van der Waals surface area contributed by atoms with Gasteiger partial charge in [0, 0.05) is 17.7 Å². The van der Waals surface area contributed by atoms with Crippen LogP contribution in [0.1, 0.15) is 18.4 Å². The fraction of sp³-hybridized carbons (Fsp3) is 0.417. The third-order valence-electron chi connectivity index (χ3n) is 2.51. The van der Waals surface area contributed by atoms with Crippen molar-refractivity contribution in [2.45, 2.75) is 18.9 Å². The van der Waals surface area contributed by atoms with Crippen molar-refractivity contribution in [2.75, 3.05) is 13.2 Å². The van der Waals surface area contributed by atoms with E-state index in [0.717, 1.165) is 19.4 Å². The predicted octanol–water partition coefficient (Wildman–Crippen LogP) is 2.77. The van der Waals surface area contributed by atoms with Gasteiger partial charge < -0.3 is 9.47 Å². The molecular formula is C12H12ClNO2. The molecule has 4 heteroatoms. The molecule has 0 radical (unpaired) electrons. The molecule has 0 saturated carbocycles. The van der Waals surface area contributed by atoms with Gasteiger partial charge in [-0.3, -0.25) is 0 Å². The van der Waals surface area contributed by atoms with E-state index >= 15 is 0 Å².